The van der Waals surface area contributed by atoms with E-state index in [9.17, 15) is 0 Å². The van der Waals surface area contributed by atoms with E-state index in [1.54, 1.807) is 0 Å². The molecule has 0 atom stereocenters. The second-order valence-corrected chi connectivity index (χ2v) is 13.2. The quantitative estimate of drug-likeness (QED) is 0.183. The Morgan fingerprint density at radius 2 is 0.827 bits per heavy atom. The van der Waals surface area contributed by atoms with Gasteiger partial charge in [0.1, 0.15) is 33.5 Å². The van der Waals surface area contributed by atoms with Crippen molar-refractivity contribution in [1.29, 1.82) is 0 Å². The van der Waals surface area contributed by atoms with Gasteiger partial charge in [-0.05, 0) is 66.2 Å². The van der Waals surface area contributed by atoms with Crippen molar-refractivity contribution < 1.29 is 13.3 Å². The van der Waals surface area contributed by atoms with E-state index in [0.29, 0.717) is 0 Å². The van der Waals surface area contributed by atoms with E-state index < -0.39 is 0 Å². The molecule has 3 heterocycles. The van der Waals surface area contributed by atoms with E-state index >= 15 is 0 Å². The molecule has 0 spiro atoms. The van der Waals surface area contributed by atoms with Gasteiger partial charge in [0.25, 0.3) is 0 Å². The highest BCUT2D eigenvalue weighted by Crippen LogP contribution is 2.45. The fourth-order valence-electron chi connectivity index (χ4n) is 7.89. The molecule has 0 aliphatic heterocycles. The number of hydrogen-bond acceptors (Lipinski definition) is 4. The van der Waals surface area contributed by atoms with Crippen molar-refractivity contribution >= 4 is 82.9 Å². The number of furan rings is 3. The second kappa shape index (κ2) is 11.2. The molecular formula is C48H29NO3. The van der Waals surface area contributed by atoms with Gasteiger partial charge in [-0.15, -0.1) is 0 Å². The highest BCUT2D eigenvalue weighted by Gasteiger charge is 2.21. The van der Waals surface area contributed by atoms with Gasteiger partial charge in [0, 0.05) is 66.1 Å². The zero-order valence-electron chi connectivity index (χ0n) is 27.9. The van der Waals surface area contributed by atoms with Crippen LogP contribution in [0, 0.1) is 0 Å². The van der Waals surface area contributed by atoms with E-state index in [1.165, 1.54) is 0 Å². The lowest BCUT2D eigenvalue weighted by Crippen LogP contribution is -2.09. The predicted molar refractivity (Wildman–Crippen MR) is 214 cm³/mol. The molecule has 8 aromatic carbocycles. The minimum atomic E-state index is 0.836. The Labute approximate surface area is 298 Å². The maximum Gasteiger partial charge on any atom is 0.143 e. The Kier molecular flexibility index (Phi) is 6.22. The molecule has 0 fully saturated rings. The first-order chi connectivity index (χ1) is 25.8. The molecule has 0 saturated carbocycles. The van der Waals surface area contributed by atoms with E-state index in [2.05, 4.69) is 150 Å². The molecule has 0 unspecified atom stereocenters. The molecule has 0 radical (unpaired) electrons. The summed E-state index contributed by atoms with van der Waals surface area (Å²) in [6.45, 7) is 0. The standard InChI is InChI=1S/C48H29NO3/c1-3-12-31(13-4-1)49(32-14-5-2-6-15-32)33-25-27-44-42(29-33)41-22-11-19-38(47(41)51-44)40-21-10-20-39-37-18-9-17-34(46(37)52-48(39)40)30-24-26-36-35-16-7-8-23-43(35)50-45(36)28-30/h1-29H. The Morgan fingerprint density at radius 3 is 1.54 bits per heavy atom. The number of fused-ring (bicyclic) bond motifs is 9. The van der Waals surface area contributed by atoms with E-state index in [1.807, 2.05) is 30.3 Å². The fourth-order valence-corrected chi connectivity index (χ4v) is 7.89. The molecule has 11 rings (SSSR count). The third kappa shape index (κ3) is 4.34. The van der Waals surface area contributed by atoms with Crippen LogP contribution in [0.5, 0.6) is 0 Å². The van der Waals surface area contributed by atoms with Crippen LogP contribution in [-0.4, -0.2) is 0 Å². The van der Waals surface area contributed by atoms with Crippen molar-refractivity contribution in [3.63, 3.8) is 0 Å². The smallest absolute Gasteiger partial charge is 0.143 e. The molecule has 0 aliphatic rings. The van der Waals surface area contributed by atoms with Gasteiger partial charge < -0.3 is 18.2 Å². The number of hydrogen-bond donors (Lipinski definition) is 0. The number of para-hydroxylation sites is 6. The summed E-state index contributed by atoms with van der Waals surface area (Å²) >= 11 is 0. The lowest BCUT2D eigenvalue weighted by atomic mass is 9.98. The second-order valence-electron chi connectivity index (χ2n) is 13.2. The average Bonchev–Trinajstić information content (AvgIpc) is 3.90. The fraction of sp³-hybridized carbons (Fsp3) is 0. The summed E-state index contributed by atoms with van der Waals surface area (Å²) in [5, 5.41) is 6.49. The summed E-state index contributed by atoms with van der Waals surface area (Å²) in [7, 11) is 0. The minimum Gasteiger partial charge on any atom is -0.456 e. The predicted octanol–water partition coefficient (Wildman–Crippen LogP) is 14.2. The Balaban J connectivity index is 1.07. The maximum absolute atomic E-state index is 6.89. The van der Waals surface area contributed by atoms with Crippen LogP contribution in [0.2, 0.25) is 0 Å². The molecule has 52 heavy (non-hydrogen) atoms. The summed E-state index contributed by atoms with van der Waals surface area (Å²) in [6, 6.07) is 61.1. The normalized spacial score (nSPS) is 11.8. The van der Waals surface area contributed by atoms with Gasteiger partial charge in [0.15, 0.2) is 0 Å². The summed E-state index contributed by atoms with van der Waals surface area (Å²) in [5.41, 5.74) is 12.4. The van der Waals surface area contributed by atoms with Gasteiger partial charge >= 0.3 is 0 Å². The molecule has 244 valence electrons. The van der Waals surface area contributed by atoms with Crippen molar-refractivity contribution in [2.75, 3.05) is 4.90 Å². The van der Waals surface area contributed by atoms with Crippen molar-refractivity contribution in [2.24, 2.45) is 0 Å². The first kappa shape index (κ1) is 28.8. The van der Waals surface area contributed by atoms with Gasteiger partial charge in [-0.1, -0.05) is 115 Å². The van der Waals surface area contributed by atoms with Gasteiger partial charge in [-0.2, -0.15) is 0 Å². The average molecular weight is 668 g/mol. The van der Waals surface area contributed by atoms with E-state index in [-0.39, 0.29) is 0 Å². The van der Waals surface area contributed by atoms with Gasteiger partial charge in [-0.25, -0.2) is 0 Å². The Bertz CT molecular complexity index is 3090. The molecule has 0 bridgehead atoms. The zero-order valence-corrected chi connectivity index (χ0v) is 27.9. The number of anilines is 3. The molecule has 0 saturated heterocycles. The number of benzene rings is 8. The lowest BCUT2D eigenvalue weighted by molar-refractivity contribution is 0.665. The Morgan fingerprint density at radius 1 is 0.288 bits per heavy atom. The molecule has 0 N–H and O–H groups in total. The van der Waals surface area contributed by atoms with Crippen LogP contribution in [0.1, 0.15) is 0 Å². The topological polar surface area (TPSA) is 42.7 Å². The third-order valence-electron chi connectivity index (χ3n) is 10.3. The van der Waals surface area contributed by atoms with Gasteiger partial charge in [-0.3, -0.25) is 0 Å². The zero-order chi connectivity index (χ0) is 34.2. The third-order valence-corrected chi connectivity index (χ3v) is 10.3. The maximum atomic E-state index is 6.89. The Hall–Kier alpha value is -7.04. The summed E-state index contributed by atoms with van der Waals surface area (Å²) in [5.74, 6) is 0. The monoisotopic (exact) mass is 667 g/mol. The number of nitrogens with zero attached hydrogens (tertiary/aromatic N) is 1. The van der Waals surface area contributed by atoms with Crippen molar-refractivity contribution in [1.82, 2.24) is 0 Å². The molecular weight excluding hydrogens is 639 g/mol. The minimum absolute atomic E-state index is 0.836. The number of rotatable bonds is 5. The van der Waals surface area contributed by atoms with Crippen LogP contribution in [0.15, 0.2) is 189 Å². The SMILES string of the molecule is c1ccc(N(c2ccccc2)c2ccc3oc4c(-c5cccc6c5oc5c(-c7ccc8c(c7)oc7ccccc78)cccc56)cccc4c3c2)cc1. The van der Waals surface area contributed by atoms with Crippen molar-refractivity contribution in [3.05, 3.63) is 176 Å². The summed E-state index contributed by atoms with van der Waals surface area (Å²) in [6.07, 6.45) is 0. The van der Waals surface area contributed by atoms with E-state index in [0.717, 1.165) is 105 Å². The van der Waals surface area contributed by atoms with Crippen LogP contribution in [0.4, 0.5) is 17.1 Å². The lowest BCUT2D eigenvalue weighted by Gasteiger charge is -2.25. The van der Waals surface area contributed by atoms with Crippen LogP contribution in [0.25, 0.3) is 88.1 Å². The molecule has 4 nitrogen and oxygen atoms in total. The molecule has 11 aromatic rings. The molecule has 0 amide bonds. The van der Waals surface area contributed by atoms with Crippen molar-refractivity contribution in [2.45, 2.75) is 0 Å². The van der Waals surface area contributed by atoms with Crippen LogP contribution in [-0.2, 0) is 0 Å². The van der Waals surface area contributed by atoms with Crippen molar-refractivity contribution in [3.8, 4) is 22.3 Å². The highest BCUT2D eigenvalue weighted by molar-refractivity contribution is 6.17. The summed E-state index contributed by atoms with van der Waals surface area (Å²) < 4.78 is 19.8. The summed E-state index contributed by atoms with van der Waals surface area (Å²) in [4.78, 5) is 2.28. The largest absolute Gasteiger partial charge is 0.456 e. The first-order valence-corrected chi connectivity index (χ1v) is 17.5. The first-order valence-electron chi connectivity index (χ1n) is 17.5. The molecule has 4 heteroatoms. The molecule has 3 aromatic heterocycles. The van der Waals surface area contributed by atoms with Crippen LogP contribution < -0.4 is 4.90 Å². The van der Waals surface area contributed by atoms with Crippen LogP contribution in [0.3, 0.4) is 0 Å². The van der Waals surface area contributed by atoms with Gasteiger partial charge in [0.2, 0.25) is 0 Å². The molecule has 0 aliphatic carbocycles. The van der Waals surface area contributed by atoms with E-state index in [4.69, 9.17) is 13.3 Å². The van der Waals surface area contributed by atoms with Gasteiger partial charge in [0.05, 0.1) is 0 Å². The van der Waals surface area contributed by atoms with Crippen LogP contribution >= 0.6 is 0 Å². The highest BCUT2D eigenvalue weighted by atomic mass is 16.3.